The lowest BCUT2D eigenvalue weighted by Gasteiger charge is -2.24. The number of fused-ring (bicyclic) bond motifs is 1. The van der Waals surface area contributed by atoms with Crippen LogP contribution in [0.4, 0.5) is 4.39 Å². The van der Waals surface area contributed by atoms with Crippen LogP contribution in [0.2, 0.25) is 0 Å². The number of piperidine rings is 1. The summed E-state index contributed by atoms with van der Waals surface area (Å²) < 4.78 is 20.0. The fourth-order valence-electron chi connectivity index (χ4n) is 4.35. The Bertz CT molecular complexity index is 1540. The van der Waals surface area contributed by atoms with Gasteiger partial charge in [0, 0.05) is 11.1 Å². The highest BCUT2D eigenvalue weighted by atomic mass is 19.1. The molecule has 1 aliphatic rings. The second-order valence-electron chi connectivity index (χ2n) is 8.85. The maximum absolute atomic E-state index is 13.8. The number of ether oxygens (including phenoxy) is 1. The van der Waals surface area contributed by atoms with E-state index in [4.69, 9.17) is 9.72 Å². The molecule has 4 aromatic rings. The van der Waals surface area contributed by atoms with Gasteiger partial charge in [-0.2, -0.15) is 5.10 Å². The van der Waals surface area contributed by atoms with Crippen molar-refractivity contribution < 1.29 is 9.13 Å². The van der Waals surface area contributed by atoms with E-state index in [1.165, 1.54) is 12.1 Å². The van der Waals surface area contributed by atoms with Crippen LogP contribution in [0.5, 0.6) is 0 Å². The molecule has 186 valence electrons. The second-order valence-corrected chi connectivity index (χ2v) is 8.85. The molecule has 0 aliphatic carbocycles. The molecule has 7 heteroatoms. The van der Waals surface area contributed by atoms with Crippen molar-refractivity contribution in [3.63, 3.8) is 0 Å². The Morgan fingerprint density at radius 3 is 2.84 bits per heavy atom. The number of imidazole rings is 1. The predicted molar refractivity (Wildman–Crippen MR) is 145 cm³/mol. The van der Waals surface area contributed by atoms with Crippen LogP contribution in [0.1, 0.15) is 25.3 Å². The SMILES string of the molecule is C=C(C#Cc1cn[nH]c1-c1nc2c(-c3cccc(F)c3)cccc2[nH]1)/C=C(\C=C\C)OC1CCNCC1. The number of halogens is 1. The Hall–Kier alpha value is -4.41. The van der Waals surface area contributed by atoms with Gasteiger partial charge in [-0.15, -0.1) is 0 Å². The van der Waals surface area contributed by atoms with E-state index in [-0.39, 0.29) is 11.9 Å². The van der Waals surface area contributed by atoms with Crippen molar-refractivity contribution >= 4 is 11.0 Å². The maximum Gasteiger partial charge on any atom is 0.157 e. The maximum atomic E-state index is 13.8. The molecule has 0 spiro atoms. The molecule has 1 aliphatic heterocycles. The van der Waals surface area contributed by atoms with E-state index in [0.717, 1.165) is 53.9 Å². The van der Waals surface area contributed by atoms with Crippen LogP contribution >= 0.6 is 0 Å². The lowest BCUT2D eigenvalue weighted by molar-refractivity contribution is 0.0959. The molecule has 2 aromatic heterocycles. The molecule has 3 N–H and O–H groups in total. The Morgan fingerprint density at radius 1 is 1.19 bits per heavy atom. The minimum atomic E-state index is -0.288. The molecule has 2 aromatic carbocycles. The first-order chi connectivity index (χ1) is 18.1. The molecule has 1 fully saturated rings. The second kappa shape index (κ2) is 11.1. The van der Waals surface area contributed by atoms with Gasteiger partial charge < -0.3 is 15.0 Å². The highest BCUT2D eigenvalue weighted by Crippen LogP contribution is 2.30. The van der Waals surface area contributed by atoms with Crippen LogP contribution in [0.3, 0.4) is 0 Å². The normalized spacial score (nSPS) is 14.6. The number of nitrogens with one attached hydrogen (secondary N) is 3. The summed E-state index contributed by atoms with van der Waals surface area (Å²) >= 11 is 0. The summed E-state index contributed by atoms with van der Waals surface area (Å²) in [6.07, 6.45) is 9.55. The third-order valence-corrected chi connectivity index (χ3v) is 6.12. The highest BCUT2D eigenvalue weighted by Gasteiger charge is 2.16. The third-order valence-electron chi connectivity index (χ3n) is 6.12. The minimum absolute atomic E-state index is 0.190. The number of para-hydroxylation sites is 1. The largest absolute Gasteiger partial charge is 0.490 e. The molecular formula is C30H28FN5O. The van der Waals surface area contributed by atoms with Gasteiger partial charge >= 0.3 is 0 Å². The zero-order valence-electron chi connectivity index (χ0n) is 20.6. The van der Waals surface area contributed by atoms with Gasteiger partial charge in [0.1, 0.15) is 23.4 Å². The van der Waals surface area contributed by atoms with Crippen molar-refractivity contribution in [3.8, 4) is 34.5 Å². The van der Waals surface area contributed by atoms with Crippen LogP contribution in [0.15, 0.2) is 84.8 Å². The zero-order valence-corrected chi connectivity index (χ0v) is 20.6. The van der Waals surface area contributed by atoms with Gasteiger partial charge in [-0.25, -0.2) is 9.37 Å². The number of benzene rings is 2. The van der Waals surface area contributed by atoms with Crippen LogP contribution in [-0.4, -0.2) is 39.4 Å². The minimum Gasteiger partial charge on any atom is -0.490 e. The van der Waals surface area contributed by atoms with Crippen molar-refractivity contribution in [3.05, 3.63) is 96.2 Å². The summed E-state index contributed by atoms with van der Waals surface area (Å²) in [7, 11) is 0. The van der Waals surface area contributed by atoms with Crippen molar-refractivity contribution in [1.29, 1.82) is 0 Å². The molecule has 0 atom stereocenters. The van der Waals surface area contributed by atoms with E-state index in [2.05, 4.69) is 38.9 Å². The Labute approximate surface area is 215 Å². The molecule has 37 heavy (non-hydrogen) atoms. The zero-order chi connectivity index (χ0) is 25.6. The van der Waals surface area contributed by atoms with Gasteiger partial charge in [-0.3, -0.25) is 5.10 Å². The van der Waals surface area contributed by atoms with Gasteiger partial charge in [-0.05, 0) is 68.8 Å². The monoisotopic (exact) mass is 493 g/mol. The fourth-order valence-corrected chi connectivity index (χ4v) is 4.35. The van der Waals surface area contributed by atoms with Crippen LogP contribution in [-0.2, 0) is 4.74 Å². The summed E-state index contributed by atoms with van der Waals surface area (Å²) in [4.78, 5) is 8.13. The number of nitrogens with zero attached hydrogens (tertiary/aromatic N) is 2. The number of hydrogen-bond donors (Lipinski definition) is 3. The number of hydrogen-bond acceptors (Lipinski definition) is 4. The van der Waals surface area contributed by atoms with Crippen molar-refractivity contribution in [1.82, 2.24) is 25.5 Å². The number of allylic oxidation sites excluding steroid dienone is 4. The molecule has 0 bridgehead atoms. The van der Waals surface area contributed by atoms with Crippen molar-refractivity contribution in [2.75, 3.05) is 13.1 Å². The van der Waals surface area contributed by atoms with E-state index in [1.54, 1.807) is 12.3 Å². The number of aromatic nitrogens is 4. The first-order valence-corrected chi connectivity index (χ1v) is 12.3. The van der Waals surface area contributed by atoms with E-state index >= 15 is 0 Å². The molecule has 3 heterocycles. The van der Waals surface area contributed by atoms with Crippen LogP contribution in [0, 0.1) is 17.7 Å². The Kier molecular flexibility index (Phi) is 7.29. The molecule has 0 amide bonds. The summed E-state index contributed by atoms with van der Waals surface area (Å²) in [5.41, 5.74) is 5.18. The third kappa shape index (κ3) is 5.71. The number of H-pyrrole nitrogens is 2. The molecule has 5 rings (SSSR count). The molecule has 0 radical (unpaired) electrons. The topological polar surface area (TPSA) is 78.6 Å². The first kappa shape index (κ1) is 24.3. The van der Waals surface area contributed by atoms with E-state index in [0.29, 0.717) is 22.7 Å². The van der Waals surface area contributed by atoms with Crippen LogP contribution < -0.4 is 5.32 Å². The molecule has 1 saturated heterocycles. The van der Waals surface area contributed by atoms with E-state index in [1.807, 2.05) is 49.4 Å². The summed E-state index contributed by atoms with van der Waals surface area (Å²) in [5.74, 6) is 7.33. The van der Waals surface area contributed by atoms with E-state index < -0.39 is 0 Å². The van der Waals surface area contributed by atoms with Gasteiger partial charge in [0.2, 0.25) is 0 Å². The molecule has 0 saturated carbocycles. The fraction of sp³-hybridized carbons (Fsp3) is 0.200. The summed E-state index contributed by atoms with van der Waals surface area (Å²) in [5, 5.41) is 10.5. The lowest BCUT2D eigenvalue weighted by Crippen LogP contribution is -2.32. The van der Waals surface area contributed by atoms with Crippen LogP contribution in [0.25, 0.3) is 33.7 Å². The Morgan fingerprint density at radius 2 is 2.03 bits per heavy atom. The smallest absolute Gasteiger partial charge is 0.157 e. The van der Waals surface area contributed by atoms with E-state index in [9.17, 15) is 4.39 Å². The molecule has 0 unspecified atom stereocenters. The summed E-state index contributed by atoms with van der Waals surface area (Å²) in [6, 6.07) is 12.3. The average molecular weight is 494 g/mol. The van der Waals surface area contributed by atoms with Crippen molar-refractivity contribution in [2.45, 2.75) is 25.9 Å². The number of rotatable bonds is 6. The lowest BCUT2D eigenvalue weighted by atomic mass is 10.0. The predicted octanol–water partition coefficient (Wildman–Crippen LogP) is 5.90. The Balaban J connectivity index is 1.40. The van der Waals surface area contributed by atoms with Gasteiger partial charge in [0.05, 0.1) is 22.8 Å². The highest BCUT2D eigenvalue weighted by molar-refractivity contribution is 5.93. The molecule has 6 nitrogen and oxygen atoms in total. The average Bonchev–Trinajstić information content (AvgIpc) is 3.55. The number of aromatic amines is 2. The van der Waals surface area contributed by atoms with Gasteiger partial charge in [0.15, 0.2) is 5.82 Å². The standard InChI is InChI=1S/C30H28FN5O/c1-3-6-25(37-24-13-15-32-16-14-24)17-20(2)11-12-22-19-33-36-28(22)30-34-27-10-5-9-26(29(27)35-30)21-7-4-8-23(31)18-21/h3-10,17-19,24,32H,2,13-16H2,1H3,(H,33,36)(H,34,35)/b6-3+,25-17+. The quantitative estimate of drug-likeness (QED) is 0.178. The van der Waals surface area contributed by atoms with Crippen molar-refractivity contribution in [2.24, 2.45) is 0 Å². The molecular weight excluding hydrogens is 465 g/mol. The van der Waals surface area contributed by atoms with Gasteiger partial charge in [0.25, 0.3) is 0 Å². The first-order valence-electron chi connectivity index (χ1n) is 12.3. The van der Waals surface area contributed by atoms with Gasteiger partial charge in [-0.1, -0.05) is 48.8 Å². The summed E-state index contributed by atoms with van der Waals surface area (Å²) in [6.45, 7) is 7.98.